The summed E-state index contributed by atoms with van der Waals surface area (Å²) in [5.74, 6) is -1.13. The van der Waals surface area contributed by atoms with Crippen molar-refractivity contribution < 1.29 is 8.78 Å². The van der Waals surface area contributed by atoms with Gasteiger partial charge in [-0.1, -0.05) is 19.8 Å². The average molecular weight is 199 g/mol. The van der Waals surface area contributed by atoms with Gasteiger partial charge in [-0.15, -0.1) is 0 Å². The van der Waals surface area contributed by atoms with Crippen LogP contribution in [-0.4, -0.2) is 0 Å². The molecule has 14 heavy (non-hydrogen) atoms. The van der Waals surface area contributed by atoms with Crippen molar-refractivity contribution in [2.75, 3.05) is 0 Å². The van der Waals surface area contributed by atoms with Gasteiger partial charge in [0, 0.05) is 12.1 Å². The molecule has 1 nitrogen and oxygen atoms in total. The van der Waals surface area contributed by atoms with Gasteiger partial charge < -0.3 is 5.73 Å². The fourth-order valence-corrected chi connectivity index (χ4v) is 1.38. The molecule has 0 aliphatic carbocycles. The fraction of sp³-hybridized carbons (Fsp3) is 0.455. The number of nitrogens with two attached hydrogens (primary N) is 1. The van der Waals surface area contributed by atoms with Crippen molar-refractivity contribution in [3.05, 3.63) is 35.4 Å². The highest BCUT2D eigenvalue weighted by molar-refractivity contribution is 5.20. The van der Waals surface area contributed by atoms with E-state index in [-0.39, 0.29) is 6.04 Å². The molecule has 0 aliphatic rings. The van der Waals surface area contributed by atoms with E-state index in [2.05, 4.69) is 6.92 Å². The molecule has 0 saturated heterocycles. The molecule has 0 fully saturated rings. The Morgan fingerprint density at radius 2 is 1.79 bits per heavy atom. The third-order valence-corrected chi connectivity index (χ3v) is 2.18. The highest BCUT2D eigenvalue weighted by Crippen LogP contribution is 2.18. The van der Waals surface area contributed by atoms with Crippen LogP contribution in [0.2, 0.25) is 0 Å². The van der Waals surface area contributed by atoms with Crippen LogP contribution in [0.3, 0.4) is 0 Å². The van der Waals surface area contributed by atoms with Gasteiger partial charge in [-0.3, -0.25) is 0 Å². The fourth-order valence-electron chi connectivity index (χ4n) is 1.38. The smallest absolute Gasteiger partial charge is 0.126 e. The second kappa shape index (κ2) is 5.05. The van der Waals surface area contributed by atoms with E-state index in [9.17, 15) is 8.78 Å². The lowest BCUT2D eigenvalue weighted by Gasteiger charge is -2.11. The van der Waals surface area contributed by atoms with Gasteiger partial charge in [0.1, 0.15) is 11.6 Å². The summed E-state index contributed by atoms with van der Waals surface area (Å²) < 4.78 is 25.6. The summed E-state index contributed by atoms with van der Waals surface area (Å²) in [6, 6.07) is 3.18. The summed E-state index contributed by atoms with van der Waals surface area (Å²) in [6.07, 6.45) is 2.77. The zero-order valence-electron chi connectivity index (χ0n) is 8.26. The predicted octanol–water partition coefficient (Wildman–Crippen LogP) is 3.15. The SMILES string of the molecule is CCCC[C@@H](N)c1cc(F)cc(F)c1. The zero-order valence-corrected chi connectivity index (χ0v) is 8.26. The van der Waals surface area contributed by atoms with Gasteiger partial charge in [0.2, 0.25) is 0 Å². The Balaban J connectivity index is 2.73. The summed E-state index contributed by atoms with van der Waals surface area (Å²) in [5.41, 5.74) is 6.32. The molecular formula is C11H15F2N. The molecule has 2 N–H and O–H groups in total. The third-order valence-electron chi connectivity index (χ3n) is 2.18. The van der Waals surface area contributed by atoms with Gasteiger partial charge in [0.15, 0.2) is 0 Å². The number of unbranched alkanes of at least 4 members (excludes halogenated alkanes) is 1. The van der Waals surface area contributed by atoms with E-state index in [4.69, 9.17) is 5.73 Å². The molecule has 0 aliphatic heterocycles. The van der Waals surface area contributed by atoms with Crippen molar-refractivity contribution in [3.8, 4) is 0 Å². The summed E-state index contributed by atoms with van der Waals surface area (Å²) in [7, 11) is 0. The summed E-state index contributed by atoms with van der Waals surface area (Å²) in [4.78, 5) is 0. The standard InChI is InChI=1S/C11H15F2N/c1-2-3-4-11(14)8-5-9(12)7-10(13)6-8/h5-7,11H,2-4,14H2,1H3/t11-/m1/s1. The Bertz CT molecular complexity index is 279. The van der Waals surface area contributed by atoms with Crippen molar-refractivity contribution in [3.63, 3.8) is 0 Å². The minimum absolute atomic E-state index is 0.264. The van der Waals surface area contributed by atoms with Gasteiger partial charge in [0.25, 0.3) is 0 Å². The van der Waals surface area contributed by atoms with Crippen LogP contribution >= 0.6 is 0 Å². The number of hydrogen-bond acceptors (Lipinski definition) is 1. The van der Waals surface area contributed by atoms with E-state index in [0.717, 1.165) is 25.3 Å². The molecule has 0 aromatic heterocycles. The Morgan fingerprint density at radius 1 is 1.21 bits per heavy atom. The second-order valence-electron chi connectivity index (χ2n) is 3.45. The maximum atomic E-state index is 12.8. The van der Waals surface area contributed by atoms with Crippen molar-refractivity contribution in [1.82, 2.24) is 0 Å². The van der Waals surface area contributed by atoms with Gasteiger partial charge in [0.05, 0.1) is 0 Å². The maximum absolute atomic E-state index is 12.8. The summed E-state index contributed by atoms with van der Waals surface area (Å²) in [5, 5.41) is 0. The molecule has 1 aromatic carbocycles. The van der Waals surface area contributed by atoms with Crippen LogP contribution in [0.1, 0.15) is 37.8 Å². The number of benzene rings is 1. The Morgan fingerprint density at radius 3 is 2.29 bits per heavy atom. The quantitative estimate of drug-likeness (QED) is 0.792. The Hall–Kier alpha value is -0.960. The van der Waals surface area contributed by atoms with E-state index in [1.807, 2.05) is 0 Å². The molecule has 0 unspecified atom stereocenters. The summed E-state index contributed by atoms with van der Waals surface area (Å²) in [6.45, 7) is 2.05. The first-order chi connectivity index (χ1) is 6.63. The van der Waals surface area contributed by atoms with Crippen LogP contribution in [0.15, 0.2) is 18.2 Å². The van der Waals surface area contributed by atoms with E-state index in [0.29, 0.717) is 5.56 Å². The molecule has 1 rings (SSSR count). The Kier molecular flexibility index (Phi) is 4.01. The van der Waals surface area contributed by atoms with Crippen LogP contribution < -0.4 is 5.73 Å². The second-order valence-corrected chi connectivity index (χ2v) is 3.45. The lowest BCUT2D eigenvalue weighted by atomic mass is 10.0. The minimum atomic E-state index is -0.563. The zero-order chi connectivity index (χ0) is 10.6. The van der Waals surface area contributed by atoms with E-state index in [1.165, 1.54) is 12.1 Å². The van der Waals surface area contributed by atoms with Crippen LogP contribution in [0.4, 0.5) is 8.78 Å². The minimum Gasteiger partial charge on any atom is -0.324 e. The first-order valence-electron chi connectivity index (χ1n) is 4.85. The number of halogens is 2. The monoisotopic (exact) mass is 199 g/mol. The van der Waals surface area contributed by atoms with Crippen LogP contribution in [-0.2, 0) is 0 Å². The molecular weight excluding hydrogens is 184 g/mol. The molecule has 1 aromatic rings. The molecule has 78 valence electrons. The molecule has 0 amide bonds. The maximum Gasteiger partial charge on any atom is 0.126 e. The number of rotatable bonds is 4. The highest BCUT2D eigenvalue weighted by atomic mass is 19.1. The molecule has 0 spiro atoms. The van der Waals surface area contributed by atoms with E-state index in [1.54, 1.807) is 0 Å². The average Bonchev–Trinajstić information content (AvgIpc) is 2.12. The highest BCUT2D eigenvalue weighted by Gasteiger charge is 2.08. The van der Waals surface area contributed by atoms with Gasteiger partial charge in [-0.25, -0.2) is 8.78 Å². The molecule has 0 heterocycles. The molecule has 1 atom stereocenters. The first kappa shape index (κ1) is 11.1. The topological polar surface area (TPSA) is 26.0 Å². The largest absolute Gasteiger partial charge is 0.324 e. The third kappa shape index (κ3) is 3.07. The van der Waals surface area contributed by atoms with Crippen LogP contribution in [0, 0.1) is 11.6 Å². The van der Waals surface area contributed by atoms with E-state index < -0.39 is 11.6 Å². The van der Waals surface area contributed by atoms with Gasteiger partial charge in [-0.05, 0) is 24.1 Å². The van der Waals surface area contributed by atoms with Gasteiger partial charge in [-0.2, -0.15) is 0 Å². The van der Waals surface area contributed by atoms with Crippen LogP contribution in [0.25, 0.3) is 0 Å². The normalized spacial score (nSPS) is 12.9. The Labute approximate surface area is 82.9 Å². The first-order valence-corrected chi connectivity index (χ1v) is 4.85. The van der Waals surface area contributed by atoms with Crippen molar-refractivity contribution in [2.45, 2.75) is 32.2 Å². The molecule has 0 saturated carbocycles. The number of hydrogen-bond donors (Lipinski definition) is 1. The van der Waals surface area contributed by atoms with Crippen molar-refractivity contribution >= 4 is 0 Å². The molecule has 3 heteroatoms. The van der Waals surface area contributed by atoms with Crippen LogP contribution in [0.5, 0.6) is 0 Å². The van der Waals surface area contributed by atoms with Gasteiger partial charge >= 0.3 is 0 Å². The predicted molar refractivity (Wildman–Crippen MR) is 52.8 cm³/mol. The van der Waals surface area contributed by atoms with E-state index >= 15 is 0 Å². The molecule has 0 radical (unpaired) electrons. The van der Waals surface area contributed by atoms with Crippen molar-refractivity contribution in [2.24, 2.45) is 5.73 Å². The lowest BCUT2D eigenvalue weighted by molar-refractivity contribution is 0.559. The summed E-state index contributed by atoms with van der Waals surface area (Å²) >= 11 is 0. The lowest BCUT2D eigenvalue weighted by Crippen LogP contribution is -2.10. The molecule has 0 bridgehead atoms. The van der Waals surface area contributed by atoms with Crippen molar-refractivity contribution in [1.29, 1.82) is 0 Å².